The van der Waals surface area contributed by atoms with E-state index in [0.717, 1.165) is 0 Å². The number of pyridine rings is 1. The summed E-state index contributed by atoms with van der Waals surface area (Å²) in [6.07, 6.45) is 2.28. The molecule has 0 saturated heterocycles. The maximum absolute atomic E-state index is 2.33. The van der Waals surface area contributed by atoms with Crippen LogP contribution in [0.15, 0.2) is 101 Å². The van der Waals surface area contributed by atoms with Crippen molar-refractivity contribution in [1.29, 1.82) is 0 Å². The zero-order valence-electron chi connectivity index (χ0n) is 15.0. The summed E-state index contributed by atoms with van der Waals surface area (Å²) in [5.41, 5.74) is 4.81. The molecule has 2 nitrogen and oxygen atoms in total. The second-order valence-electron chi connectivity index (χ2n) is 6.60. The third-order valence-corrected chi connectivity index (χ3v) is 6.09. The van der Waals surface area contributed by atoms with Crippen LogP contribution in [0, 0.1) is 0 Å². The van der Waals surface area contributed by atoms with Gasteiger partial charge in [0.15, 0.2) is 0 Å². The fourth-order valence-corrected chi connectivity index (χ4v) is 4.67. The van der Waals surface area contributed by atoms with Crippen molar-refractivity contribution in [3.05, 3.63) is 102 Å². The molecule has 0 spiro atoms. The zero-order chi connectivity index (χ0) is 18.2. The Morgan fingerprint density at radius 3 is 2.37 bits per heavy atom. The molecule has 0 saturated carbocycles. The summed E-state index contributed by atoms with van der Waals surface area (Å²) in [7, 11) is 2.14. The lowest BCUT2D eigenvalue weighted by atomic mass is 10.1. The Morgan fingerprint density at radius 1 is 0.778 bits per heavy atom. The van der Waals surface area contributed by atoms with E-state index >= 15 is 0 Å². The number of rotatable bonds is 2. The lowest BCUT2D eigenvalue weighted by Gasteiger charge is -2.13. The van der Waals surface area contributed by atoms with Gasteiger partial charge in [-0.1, -0.05) is 54.2 Å². The third kappa shape index (κ3) is 2.81. The monoisotopic (exact) mass is 367 g/mol. The Labute approximate surface area is 163 Å². The third-order valence-electron chi connectivity index (χ3n) is 4.93. The molecule has 0 bridgehead atoms. The molecule has 2 heterocycles. The fourth-order valence-electron chi connectivity index (χ4n) is 3.57. The predicted molar refractivity (Wildman–Crippen MR) is 114 cm³/mol. The van der Waals surface area contributed by atoms with Gasteiger partial charge in [0.1, 0.15) is 0 Å². The summed E-state index contributed by atoms with van der Waals surface area (Å²) in [4.78, 5) is 3.57. The molecule has 1 aliphatic rings. The summed E-state index contributed by atoms with van der Waals surface area (Å²) in [5, 5.41) is 2.47. The quantitative estimate of drug-likeness (QED) is 0.422. The van der Waals surface area contributed by atoms with Crippen molar-refractivity contribution >= 4 is 34.4 Å². The van der Waals surface area contributed by atoms with Gasteiger partial charge in [-0.3, -0.25) is 0 Å². The van der Waals surface area contributed by atoms with Crippen LogP contribution in [0.2, 0.25) is 0 Å². The molecule has 0 atom stereocenters. The van der Waals surface area contributed by atoms with Crippen molar-refractivity contribution in [2.45, 2.75) is 4.90 Å². The van der Waals surface area contributed by atoms with Crippen molar-refractivity contribution in [1.82, 2.24) is 0 Å². The van der Waals surface area contributed by atoms with Crippen molar-refractivity contribution in [2.75, 3.05) is 11.9 Å². The standard InChI is InChI=1S/C24H19N2S/c1-25-22-13-7-8-14-23(22)27-24(25)17-20-16-15-18-9-5-6-12-21(18)26(20)19-10-3-2-4-11-19/h2-17H,1H3/q+1. The van der Waals surface area contributed by atoms with E-state index < -0.39 is 0 Å². The molecular weight excluding hydrogens is 348 g/mol. The van der Waals surface area contributed by atoms with Crippen LogP contribution in [-0.2, 0) is 0 Å². The molecule has 0 amide bonds. The summed E-state index contributed by atoms with van der Waals surface area (Å²) in [6.45, 7) is 0. The van der Waals surface area contributed by atoms with Gasteiger partial charge >= 0.3 is 0 Å². The van der Waals surface area contributed by atoms with Crippen LogP contribution < -0.4 is 9.47 Å². The number of hydrogen-bond donors (Lipinski definition) is 0. The van der Waals surface area contributed by atoms with Crippen LogP contribution in [0.4, 0.5) is 5.69 Å². The highest BCUT2D eigenvalue weighted by atomic mass is 32.2. The summed E-state index contributed by atoms with van der Waals surface area (Å²) < 4.78 is 2.33. The number of fused-ring (bicyclic) bond motifs is 2. The van der Waals surface area contributed by atoms with Crippen LogP contribution in [0.3, 0.4) is 0 Å². The molecule has 130 valence electrons. The first-order chi connectivity index (χ1) is 13.3. The second-order valence-corrected chi connectivity index (χ2v) is 7.66. The minimum atomic E-state index is 1.17. The summed E-state index contributed by atoms with van der Waals surface area (Å²) >= 11 is 1.82. The van der Waals surface area contributed by atoms with Gasteiger partial charge in [0.25, 0.3) is 0 Å². The maximum Gasteiger partial charge on any atom is 0.218 e. The highest BCUT2D eigenvalue weighted by molar-refractivity contribution is 8.03. The average molecular weight is 367 g/mol. The van der Waals surface area contributed by atoms with Crippen molar-refractivity contribution in [3.8, 4) is 5.69 Å². The Hall–Kier alpha value is -3.04. The molecule has 27 heavy (non-hydrogen) atoms. The highest BCUT2D eigenvalue weighted by Crippen LogP contribution is 2.45. The number of thioether (sulfide) groups is 1. The first-order valence-electron chi connectivity index (χ1n) is 9.03. The molecule has 0 radical (unpaired) electrons. The minimum absolute atomic E-state index is 1.17. The van der Waals surface area contributed by atoms with E-state index in [1.165, 1.54) is 37.9 Å². The van der Waals surface area contributed by atoms with Gasteiger partial charge in [0.05, 0.1) is 10.7 Å². The zero-order valence-corrected chi connectivity index (χ0v) is 15.9. The fraction of sp³-hybridized carbons (Fsp3) is 0.0417. The second kappa shape index (κ2) is 6.60. The molecule has 3 heteroatoms. The van der Waals surface area contributed by atoms with E-state index in [0.29, 0.717) is 0 Å². The van der Waals surface area contributed by atoms with Crippen LogP contribution in [0.25, 0.3) is 22.7 Å². The molecular formula is C24H19N2S+. The summed E-state index contributed by atoms with van der Waals surface area (Å²) in [6, 6.07) is 32.1. The van der Waals surface area contributed by atoms with Gasteiger partial charge in [-0.05, 0) is 24.3 Å². The Morgan fingerprint density at radius 2 is 1.52 bits per heavy atom. The van der Waals surface area contributed by atoms with E-state index in [2.05, 4.69) is 114 Å². The molecule has 4 aromatic rings. The largest absolute Gasteiger partial charge is 0.338 e. The number of hydrogen-bond acceptors (Lipinski definition) is 2. The Balaban J connectivity index is 1.71. The lowest BCUT2D eigenvalue weighted by molar-refractivity contribution is -0.569. The predicted octanol–water partition coefficient (Wildman–Crippen LogP) is 5.66. The van der Waals surface area contributed by atoms with Crippen molar-refractivity contribution < 1.29 is 4.57 Å². The number of benzene rings is 3. The molecule has 3 aromatic carbocycles. The van der Waals surface area contributed by atoms with Crippen molar-refractivity contribution in [2.24, 2.45) is 0 Å². The Kier molecular flexibility index (Phi) is 3.95. The van der Waals surface area contributed by atoms with E-state index in [1.54, 1.807) is 0 Å². The molecule has 0 N–H and O–H groups in total. The number of para-hydroxylation sites is 3. The molecule has 1 aromatic heterocycles. The van der Waals surface area contributed by atoms with Crippen LogP contribution in [0.5, 0.6) is 0 Å². The van der Waals surface area contributed by atoms with Gasteiger partial charge in [0.2, 0.25) is 16.9 Å². The van der Waals surface area contributed by atoms with E-state index in [-0.39, 0.29) is 0 Å². The van der Waals surface area contributed by atoms with Gasteiger partial charge < -0.3 is 4.90 Å². The normalized spacial score (nSPS) is 14.7. The van der Waals surface area contributed by atoms with E-state index in [9.17, 15) is 0 Å². The first-order valence-corrected chi connectivity index (χ1v) is 9.84. The lowest BCUT2D eigenvalue weighted by Crippen LogP contribution is -2.35. The Bertz CT molecular complexity index is 1170. The van der Waals surface area contributed by atoms with Crippen molar-refractivity contribution in [3.63, 3.8) is 0 Å². The van der Waals surface area contributed by atoms with Crippen LogP contribution in [0.1, 0.15) is 5.69 Å². The smallest absolute Gasteiger partial charge is 0.218 e. The SMILES string of the molecule is CN1/C(=C/c2ccc3ccccc3[n+]2-c2ccccc2)Sc2ccccc21. The molecule has 0 unspecified atom stereocenters. The van der Waals surface area contributed by atoms with Crippen LogP contribution >= 0.6 is 11.8 Å². The van der Waals surface area contributed by atoms with Gasteiger partial charge in [0, 0.05) is 47.7 Å². The maximum atomic E-state index is 2.33. The highest BCUT2D eigenvalue weighted by Gasteiger charge is 2.24. The molecule has 0 aliphatic carbocycles. The topological polar surface area (TPSA) is 7.12 Å². The number of nitrogens with zero attached hydrogens (tertiary/aromatic N) is 2. The molecule has 5 rings (SSSR count). The number of aromatic nitrogens is 1. The van der Waals surface area contributed by atoms with Gasteiger partial charge in [-0.25, -0.2) is 0 Å². The van der Waals surface area contributed by atoms with E-state index in [4.69, 9.17) is 0 Å². The minimum Gasteiger partial charge on any atom is -0.338 e. The average Bonchev–Trinajstić information content (AvgIpc) is 3.04. The van der Waals surface area contributed by atoms with Crippen LogP contribution in [-0.4, -0.2) is 7.05 Å². The number of anilines is 1. The van der Waals surface area contributed by atoms with Gasteiger partial charge in [-0.2, -0.15) is 4.57 Å². The van der Waals surface area contributed by atoms with Gasteiger partial charge in [-0.15, -0.1) is 0 Å². The van der Waals surface area contributed by atoms with E-state index in [1.807, 2.05) is 11.8 Å². The first kappa shape index (κ1) is 16.2. The molecule has 1 aliphatic heterocycles. The summed E-state index contributed by atoms with van der Waals surface area (Å²) in [5.74, 6) is 0. The molecule has 0 fully saturated rings.